The minimum atomic E-state index is -3.88. The van der Waals surface area contributed by atoms with E-state index >= 15 is 0 Å². The maximum Gasteiger partial charge on any atom is 0.268 e. The first-order valence-corrected chi connectivity index (χ1v) is 11.4. The van der Waals surface area contributed by atoms with Crippen LogP contribution in [-0.2, 0) is 10.0 Å². The van der Waals surface area contributed by atoms with Crippen molar-refractivity contribution in [1.29, 1.82) is 0 Å². The van der Waals surface area contributed by atoms with Gasteiger partial charge < -0.3 is 0 Å². The zero-order valence-corrected chi connectivity index (χ0v) is 17.0. The minimum absolute atomic E-state index is 0.198. The Kier molecular flexibility index (Phi) is 4.77. The number of hydrogen-bond donors (Lipinski definition) is 0. The molecule has 0 atom stereocenters. The van der Waals surface area contributed by atoms with Crippen LogP contribution in [-0.4, -0.2) is 18.6 Å². The van der Waals surface area contributed by atoms with Crippen molar-refractivity contribution in [2.24, 2.45) is 0 Å². The second-order valence-electron chi connectivity index (χ2n) is 6.49. The summed E-state index contributed by atoms with van der Waals surface area (Å²) in [5.74, 6) is -0.408. The summed E-state index contributed by atoms with van der Waals surface area (Å²) in [5.41, 5.74) is 2.56. The number of para-hydroxylation sites is 1. The molecule has 0 aliphatic rings. The third kappa shape index (κ3) is 3.02. The molecule has 6 heteroatoms. The molecule has 3 nitrogen and oxygen atoms in total. The fraction of sp³-hybridized carbons (Fsp3) is 0.0909. The van der Waals surface area contributed by atoms with E-state index in [0.29, 0.717) is 16.8 Å². The second-order valence-corrected chi connectivity index (χ2v) is 9.10. The number of nitrogens with zero attached hydrogens (tertiary/aromatic N) is 1. The number of benzene rings is 3. The van der Waals surface area contributed by atoms with Crippen molar-refractivity contribution in [2.45, 2.75) is 16.7 Å². The summed E-state index contributed by atoms with van der Waals surface area (Å²) in [7, 11) is -3.88. The fourth-order valence-corrected chi connectivity index (χ4v) is 5.74. The van der Waals surface area contributed by atoms with E-state index in [1.54, 1.807) is 42.5 Å². The molecule has 4 aromatic rings. The average molecular weight is 412 g/mol. The zero-order valence-electron chi connectivity index (χ0n) is 15.4. The lowest BCUT2D eigenvalue weighted by atomic mass is 10.1. The summed E-state index contributed by atoms with van der Waals surface area (Å²) in [6.07, 6.45) is 1.90. The number of aryl methyl sites for hydroxylation is 1. The van der Waals surface area contributed by atoms with Crippen molar-refractivity contribution in [1.82, 2.24) is 3.97 Å². The third-order valence-electron chi connectivity index (χ3n) is 4.65. The molecular weight excluding hydrogens is 393 g/mol. The Labute approximate surface area is 167 Å². The number of hydrogen-bond acceptors (Lipinski definition) is 3. The van der Waals surface area contributed by atoms with Gasteiger partial charge >= 0.3 is 0 Å². The van der Waals surface area contributed by atoms with E-state index in [2.05, 4.69) is 0 Å². The Morgan fingerprint density at radius 3 is 2.32 bits per heavy atom. The predicted molar refractivity (Wildman–Crippen MR) is 113 cm³/mol. The van der Waals surface area contributed by atoms with E-state index in [4.69, 9.17) is 0 Å². The molecule has 0 saturated carbocycles. The van der Waals surface area contributed by atoms with E-state index in [-0.39, 0.29) is 4.90 Å². The topological polar surface area (TPSA) is 39.1 Å². The average Bonchev–Trinajstić information content (AvgIpc) is 3.03. The molecule has 0 N–H and O–H groups in total. The molecule has 142 valence electrons. The van der Waals surface area contributed by atoms with Gasteiger partial charge in [-0.1, -0.05) is 48.0 Å². The van der Waals surface area contributed by atoms with Gasteiger partial charge in [-0.05, 0) is 43.5 Å². The molecule has 0 spiro atoms. The van der Waals surface area contributed by atoms with Crippen molar-refractivity contribution in [3.8, 4) is 11.3 Å². The van der Waals surface area contributed by atoms with Crippen molar-refractivity contribution in [3.05, 3.63) is 84.2 Å². The summed E-state index contributed by atoms with van der Waals surface area (Å²) in [4.78, 5) is 1.00. The van der Waals surface area contributed by atoms with Gasteiger partial charge in [0.05, 0.1) is 16.1 Å². The normalized spacial score (nSPS) is 11.8. The number of thioether (sulfide) groups is 1. The number of rotatable bonds is 4. The third-order valence-corrected chi connectivity index (χ3v) is 7.20. The van der Waals surface area contributed by atoms with Crippen molar-refractivity contribution >= 4 is 32.7 Å². The van der Waals surface area contributed by atoms with Gasteiger partial charge in [-0.25, -0.2) is 16.8 Å². The summed E-state index contributed by atoms with van der Waals surface area (Å²) >= 11 is 1.45. The van der Waals surface area contributed by atoms with Crippen LogP contribution in [0.2, 0.25) is 0 Å². The zero-order chi connectivity index (χ0) is 19.9. The van der Waals surface area contributed by atoms with Crippen LogP contribution in [0, 0.1) is 12.7 Å². The van der Waals surface area contributed by atoms with E-state index in [0.717, 1.165) is 15.8 Å². The molecule has 0 unspecified atom stereocenters. The lowest BCUT2D eigenvalue weighted by molar-refractivity contribution is 0.589. The van der Waals surface area contributed by atoms with Gasteiger partial charge in [0.1, 0.15) is 5.82 Å². The predicted octanol–water partition coefficient (Wildman–Crippen LogP) is 5.71. The fourth-order valence-electron chi connectivity index (χ4n) is 3.34. The largest absolute Gasteiger partial charge is 0.268 e. The highest BCUT2D eigenvalue weighted by atomic mass is 32.2. The van der Waals surface area contributed by atoms with Gasteiger partial charge in [0.15, 0.2) is 0 Å². The Balaban J connectivity index is 2.13. The van der Waals surface area contributed by atoms with Crippen LogP contribution in [0.1, 0.15) is 5.56 Å². The Morgan fingerprint density at radius 2 is 1.64 bits per heavy atom. The van der Waals surface area contributed by atoms with Crippen LogP contribution >= 0.6 is 11.8 Å². The first-order valence-electron chi connectivity index (χ1n) is 8.69. The van der Waals surface area contributed by atoms with Crippen molar-refractivity contribution in [2.75, 3.05) is 6.26 Å². The molecule has 0 radical (unpaired) electrons. The van der Waals surface area contributed by atoms with Crippen molar-refractivity contribution < 1.29 is 12.8 Å². The van der Waals surface area contributed by atoms with Gasteiger partial charge in [0, 0.05) is 15.8 Å². The highest BCUT2D eigenvalue weighted by molar-refractivity contribution is 7.99. The molecule has 0 aliphatic carbocycles. The molecule has 0 aliphatic heterocycles. The molecule has 0 amide bonds. The van der Waals surface area contributed by atoms with Gasteiger partial charge in [-0.15, -0.1) is 11.8 Å². The molecule has 1 heterocycles. The Hall–Kier alpha value is -2.57. The van der Waals surface area contributed by atoms with Crippen LogP contribution in [0.3, 0.4) is 0 Å². The van der Waals surface area contributed by atoms with E-state index < -0.39 is 15.8 Å². The molecule has 1 aromatic heterocycles. The van der Waals surface area contributed by atoms with E-state index in [1.807, 2.05) is 31.4 Å². The Bertz CT molecular complexity index is 1280. The number of aromatic nitrogens is 1. The molecule has 0 bridgehead atoms. The molecule has 3 aromatic carbocycles. The first-order chi connectivity index (χ1) is 13.4. The minimum Gasteiger partial charge on any atom is -0.232 e. The monoisotopic (exact) mass is 411 g/mol. The summed E-state index contributed by atoms with van der Waals surface area (Å²) in [6.45, 7) is 1.91. The van der Waals surface area contributed by atoms with Crippen LogP contribution in [0.25, 0.3) is 22.2 Å². The number of halogens is 1. The van der Waals surface area contributed by atoms with Gasteiger partial charge in [0.25, 0.3) is 10.0 Å². The van der Waals surface area contributed by atoms with E-state index in [1.165, 1.54) is 27.9 Å². The molecule has 0 saturated heterocycles. The van der Waals surface area contributed by atoms with Crippen LogP contribution in [0.5, 0.6) is 0 Å². The van der Waals surface area contributed by atoms with Crippen LogP contribution in [0.15, 0.2) is 82.6 Å². The molecule has 4 rings (SSSR count). The highest BCUT2D eigenvalue weighted by Crippen LogP contribution is 2.41. The summed E-state index contributed by atoms with van der Waals surface area (Å²) in [6, 6.07) is 20.2. The van der Waals surface area contributed by atoms with Gasteiger partial charge in [-0.3, -0.25) is 0 Å². The first kappa shape index (κ1) is 18.8. The second kappa shape index (κ2) is 7.11. The summed E-state index contributed by atoms with van der Waals surface area (Å²) in [5, 5.41) is 0.824. The van der Waals surface area contributed by atoms with Crippen LogP contribution < -0.4 is 0 Å². The van der Waals surface area contributed by atoms with Crippen LogP contribution in [0.4, 0.5) is 4.39 Å². The van der Waals surface area contributed by atoms with Gasteiger partial charge in [-0.2, -0.15) is 0 Å². The number of fused-ring (bicyclic) bond motifs is 1. The maximum absolute atomic E-state index is 14.0. The molecule has 0 fully saturated rings. The quantitative estimate of drug-likeness (QED) is 0.404. The smallest absolute Gasteiger partial charge is 0.232 e. The lowest BCUT2D eigenvalue weighted by Crippen LogP contribution is -2.14. The van der Waals surface area contributed by atoms with Gasteiger partial charge in [0.2, 0.25) is 0 Å². The standard InChI is InChI=1S/C22H18FNO2S2/c1-15-10-12-18(13-11-15)28(25,26)24-20-9-4-3-8-19(20)22(27-2)21(24)16-6-5-7-17(23)14-16/h3-14H,1-2H3. The van der Waals surface area contributed by atoms with E-state index in [9.17, 15) is 12.8 Å². The Morgan fingerprint density at radius 1 is 0.929 bits per heavy atom. The van der Waals surface area contributed by atoms with Crippen molar-refractivity contribution in [3.63, 3.8) is 0 Å². The summed E-state index contributed by atoms with van der Waals surface area (Å²) < 4.78 is 42.6. The highest BCUT2D eigenvalue weighted by Gasteiger charge is 2.27. The molecule has 28 heavy (non-hydrogen) atoms. The SMILES string of the molecule is CSc1c(-c2cccc(F)c2)n(S(=O)(=O)c2ccc(C)cc2)c2ccccc12. The maximum atomic E-state index is 14.0. The lowest BCUT2D eigenvalue weighted by Gasteiger charge is -2.13. The molecular formula is C22H18FNO2S2.